The van der Waals surface area contributed by atoms with Crippen LogP contribution in [0.2, 0.25) is 0 Å². The van der Waals surface area contributed by atoms with Gasteiger partial charge in [-0.3, -0.25) is 4.79 Å². The average Bonchev–Trinajstić information content (AvgIpc) is 2.59. The van der Waals surface area contributed by atoms with Crippen molar-refractivity contribution >= 4 is 41.3 Å². The van der Waals surface area contributed by atoms with Gasteiger partial charge in [0, 0.05) is 0 Å². The predicted molar refractivity (Wildman–Crippen MR) is 67.6 cm³/mol. The molecule has 0 aliphatic carbocycles. The zero-order valence-electron chi connectivity index (χ0n) is 8.66. The highest BCUT2D eigenvalue weighted by Crippen LogP contribution is 2.33. The highest BCUT2D eigenvalue weighted by Gasteiger charge is 2.13. The normalized spacial score (nSPS) is 9.80. The number of hydrogen-bond donors (Lipinski definition) is 2. The molecule has 0 aliphatic heterocycles. The minimum Gasteiger partial charge on any atom is -0.496 e. The molecule has 3 nitrogen and oxygen atoms in total. The van der Waals surface area contributed by atoms with E-state index in [1.54, 1.807) is 7.11 Å². The van der Waals surface area contributed by atoms with Gasteiger partial charge in [0.05, 0.1) is 23.4 Å². The van der Waals surface area contributed by atoms with Gasteiger partial charge in [-0.2, -0.15) is 12.6 Å². The molecule has 0 aromatic carbocycles. The fourth-order valence-corrected chi connectivity index (χ4v) is 2.11. The molecule has 0 bridgehead atoms. The molecule has 0 atom stereocenters. The first-order chi connectivity index (χ1) is 7.10. The first-order valence-electron chi connectivity index (χ1n) is 4.32. The van der Waals surface area contributed by atoms with Crippen LogP contribution in [0.5, 0.6) is 0 Å². The van der Waals surface area contributed by atoms with Gasteiger partial charge in [0.15, 0.2) is 0 Å². The van der Waals surface area contributed by atoms with Crippen LogP contribution in [0.3, 0.4) is 0 Å². The van der Waals surface area contributed by atoms with Gasteiger partial charge in [-0.15, -0.1) is 11.3 Å². The van der Waals surface area contributed by atoms with Crippen molar-refractivity contribution in [3.63, 3.8) is 0 Å². The zero-order valence-corrected chi connectivity index (χ0v) is 10.4. The Hall–Kier alpha value is -0.940. The van der Waals surface area contributed by atoms with E-state index in [-0.39, 0.29) is 11.7 Å². The second-order valence-electron chi connectivity index (χ2n) is 2.96. The van der Waals surface area contributed by atoms with E-state index < -0.39 is 0 Å². The lowest BCUT2D eigenvalue weighted by Crippen LogP contribution is -2.13. The largest absolute Gasteiger partial charge is 0.496 e. The fraction of sp³-hybridized carbons (Fsp3) is 0.300. The van der Waals surface area contributed by atoms with Crippen molar-refractivity contribution in [3.05, 3.63) is 22.4 Å². The Balaban J connectivity index is 2.99. The summed E-state index contributed by atoms with van der Waals surface area (Å²) in [6.07, 6.45) is 0. The molecule has 1 heterocycles. The Morgan fingerprint density at radius 3 is 2.93 bits per heavy atom. The van der Waals surface area contributed by atoms with E-state index in [9.17, 15) is 4.79 Å². The Morgan fingerprint density at radius 1 is 1.73 bits per heavy atom. The van der Waals surface area contributed by atoms with Gasteiger partial charge in [0.1, 0.15) is 5.76 Å². The van der Waals surface area contributed by atoms with Gasteiger partial charge in [-0.1, -0.05) is 6.58 Å². The lowest BCUT2D eigenvalue weighted by atomic mass is 10.2. The number of hydrogen-bond acceptors (Lipinski definition) is 4. The second-order valence-corrected chi connectivity index (χ2v) is 4.15. The van der Waals surface area contributed by atoms with Crippen LogP contribution in [0.1, 0.15) is 10.4 Å². The zero-order chi connectivity index (χ0) is 11.4. The van der Waals surface area contributed by atoms with Gasteiger partial charge in [0.2, 0.25) is 5.91 Å². The molecule has 0 saturated carbocycles. The Labute approximate surface area is 98.6 Å². The van der Waals surface area contributed by atoms with Crippen molar-refractivity contribution in [2.45, 2.75) is 6.92 Å². The number of thiol groups is 1. The number of aryl methyl sites for hydroxylation is 1. The molecule has 0 saturated heterocycles. The highest BCUT2D eigenvalue weighted by atomic mass is 32.1. The van der Waals surface area contributed by atoms with Crippen molar-refractivity contribution in [1.82, 2.24) is 0 Å². The van der Waals surface area contributed by atoms with Gasteiger partial charge in [-0.05, 0) is 17.9 Å². The third-order valence-corrected chi connectivity index (χ3v) is 3.31. The van der Waals surface area contributed by atoms with E-state index in [1.165, 1.54) is 11.3 Å². The molecule has 82 valence electrons. The molecule has 0 unspecified atom stereocenters. The van der Waals surface area contributed by atoms with Crippen LogP contribution in [0.4, 0.5) is 5.69 Å². The van der Waals surface area contributed by atoms with E-state index in [1.807, 2.05) is 12.3 Å². The van der Waals surface area contributed by atoms with Crippen molar-refractivity contribution < 1.29 is 9.53 Å². The quantitative estimate of drug-likeness (QED) is 0.630. The van der Waals surface area contributed by atoms with Crippen molar-refractivity contribution in [1.29, 1.82) is 0 Å². The monoisotopic (exact) mass is 243 g/mol. The average molecular weight is 243 g/mol. The third kappa shape index (κ3) is 2.76. The van der Waals surface area contributed by atoms with Crippen LogP contribution in [0.15, 0.2) is 12.0 Å². The van der Waals surface area contributed by atoms with Gasteiger partial charge in [0.25, 0.3) is 0 Å². The molecular formula is C10H13NO2S2. The molecule has 1 amide bonds. The summed E-state index contributed by atoms with van der Waals surface area (Å²) < 4.78 is 5.05. The minimum absolute atomic E-state index is 0.134. The summed E-state index contributed by atoms with van der Waals surface area (Å²) in [5, 5.41) is 4.73. The summed E-state index contributed by atoms with van der Waals surface area (Å²) in [6.45, 7) is 5.70. The van der Waals surface area contributed by atoms with E-state index in [2.05, 4.69) is 24.5 Å². The fourth-order valence-electron chi connectivity index (χ4n) is 1.08. The van der Waals surface area contributed by atoms with E-state index in [0.717, 1.165) is 16.1 Å². The maximum absolute atomic E-state index is 11.2. The number of nitrogens with one attached hydrogen (secondary N) is 1. The van der Waals surface area contributed by atoms with Crippen LogP contribution in [0, 0.1) is 6.92 Å². The first-order valence-corrected chi connectivity index (χ1v) is 5.83. The van der Waals surface area contributed by atoms with Gasteiger partial charge >= 0.3 is 0 Å². The molecule has 1 aromatic rings. The molecule has 0 fully saturated rings. The van der Waals surface area contributed by atoms with Crippen LogP contribution in [0.25, 0.3) is 5.76 Å². The van der Waals surface area contributed by atoms with Crippen LogP contribution in [-0.2, 0) is 9.53 Å². The number of thiophene rings is 1. The first kappa shape index (κ1) is 12.1. The number of carbonyl (C=O) groups excluding carboxylic acids is 1. The molecular weight excluding hydrogens is 230 g/mol. The summed E-state index contributed by atoms with van der Waals surface area (Å²) in [6, 6.07) is 0. The highest BCUT2D eigenvalue weighted by molar-refractivity contribution is 7.81. The lowest BCUT2D eigenvalue weighted by molar-refractivity contribution is -0.113. The number of methoxy groups -OCH3 is 1. The molecule has 0 radical (unpaired) electrons. The predicted octanol–water partition coefficient (Wildman–Crippen LogP) is 2.54. The minimum atomic E-state index is -0.134. The van der Waals surface area contributed by atoms with Gasteiger partial charge in [-0.25, -0.2) is 0 Å². The summed E-state index contributed by atoms with van der Waals surface area (Å²) in [5.74, 6) is 0.585. The molecule has 1 aromatic heterocycles. The van der Waals surface area contributed by atoms with Crippen molar-refractivity contribution in [3.8, 4) is 0 Å². The second kappa shape index (κ2) is 5.23. The maximum atomic E-state index is 11.2. The Bertz CT molecular complexity index is 385. The topological polar surface area (TPSA) is 38.3 Å². The Kier molecular flexibility index (Phi) is 4.23. The number of rotatable bonds is 4. The van der Waals surface area contributed by atoms with Gasteiger partial charge < -0.3 is 10.1 Å². The molecule has 0 aliphatic rings. The van der Waals surface area contributed by atoms with Crippen molar-refractivity contribution in [2.24, 2.45) is 0 Å². The number of anilines is 1. The maximum Gasteiger partial charge on any atom is 0.234 e. The SMILES string of the molecule is C=C(OC)c1scc(C)c1NC(=O)CS. The standard InChI is InChI=1S/C10H13NO2S2/c1-6-5-15-10(7(2)13-3)9(6)11-8(12)4-14/h5,14H,2,4H2,1,3H3,(H,11,12). The van der Waals surface area contributed by atoms with E-state index >= 15 is 0 Å². The smallest absolute Gasteiger partial charge is 0.234 e. The number of carbonyl (C=O) groups is 1. The van der Waals surface area contributed by atoms with Crippen LogP contribution >= 0.6 is 24.0 Å². The summed E-state index contributed by atoms with van der Waals surface area (Å²) in [5.41, 5.74) is 1.77. The van der Waals surface area contributed by atoms with E-state index in [4.69, 9.17) is 4.74 Å². The molecule has 0 spiro atoms. The molecule has 1 N–H and O–H groups in total. The lowest BCUT2D eigenvalue weighted by Gasteiger charge is -2.08. The number of amides is 1. The summed E-state index contributed by atoms with van der Waals surface area (Å²) in [4.78, 5) is 12.1. The summed E-state index contributed by atoms with van der Waals surface area (Å²) >= 11 is 5.40. The molecule has 1 rings (SSSR count). The molecule has 5 heteroatoms. The third-order valence-electron chi connectivity index (χ3n) is 1.88. The number of ether oxygens (including phenoxy) is 1. The Morgan fingerprint density at radius 2 is 2.40 bits per heavy atom. The van der Waals surface area contributed by atoms with Crippen LogP contribution in [-0.4, -0.2) is 18.8 Å². The van der Waals surface area contributed by atoms with E-state index in [0.29, 0.717) is 5.76 Å². The van der Waals surface area contributed by atoms with Crippen molar-refractivity contribution in [2.75, 3.05) is 18.2 Å². The van der Waals surface area contributed by atoms with Crippen LogP contribution < -0.4 is 5.32 Å². The summed E-state index contributed by atoms with van der Waals surface area (Å²) in [7, 11) is 1.56. The molecule has 15 heavy (non-hydrogen) atoms.